The van der Waals surface area contributed by atoms with Crippen molar-refractivity contribution >= 4 is 11.4 Å². The maximum atomic E-state index is 10.8. The van der Waals surface area contributed by atoms with Gasteiger partial charge in [0.2, 0.25) is 0 Å². The highest BCUT2D eigenvalue weighted by atomic mass is 16.6. The summed E-state index contributed by atoms with van der Waals surface area (Å²) < 4.78 is 0. The number of nitro groups is 1. The number of rotatable bonds is 3. The zero-order valence-electron chi connectivity index (χ0n) is 11.5. The number of aryl methyl sites for hydroxylation is 1. The Balaban J connectivity index is 1.96. The summed E-state index contributed by atoms with van der Waals surface area (Å²) in [6.45, 7) is 2.43. The molecule has 6 heteroatoms. The fraction of sp³-hybridized carbons (Fsp3) is 0.200. The number of nitro benzene ring substituents is 1. The Morgan fingerprint density at radius 3 is 2.67 bits per heavy atom. The number of nitrogens with zero attached hydrogens (tertiary/aromatic N) is 4. The van der Waals surface area contributed by atoms with E-state index >= 15 is 0 Å². The average Bonchev–Trinajstić information content (AvgIpc) is 2.97. The molecule has 0 radical (unpaired) electrons. The first-order valence-electron chi connectivity index (χ1n) is 6.63. The first kappa shape index (κ1) is 13.2. The highest BCUT2D eigenvalue weighted by Crippen LogP contribution is 2.35. The Morgan fingerprint density at radius 2 is 2.00 bits per heavy atom. The summed E-state index contributed by atoms with van der Waals surface area (Å²) in [5.74, 6) is 0. The standard InChI is InChI=1S/C15H14N4O2/c1-11-9-13(19(20)21)7-8-14(11)18-15(10-16-17-18)12-5-3-2-4-6-12/h2-9,15H,10H2,1H3. The molecule has 1 aliphatic heterocycles. The maximum Gasteiger partial charge on any atom is 0.269 e. The van der Waals surface area contributed by atoms with E-state index in [-0.39, 0.29) is 11.7 Å². The molecule has 1 unspecified atom stereocenters. The molecule has 0 saturated carbocycles. The quantitative estimate of drug-likeness (QED) is 0.634. The van der Waals surface area contributed by atoms with Crippen LogP contribution in [0.4, 0.5) is 11.4 Å². The number of hydrogen-bond acceptors (Lipinski definition) is 5. The lowest BCUT2D eigenvalue weighted by Gasteiger charge is -2.23. The van der Waals surface area contributed by atoms with Gasteiger partial charge in [0.15, 0.2) is 0 Å². The monoisotopic (exact) mass is 282 g/mol. The third-order valence-electron chi connectivity index (χ3n) is 3.53. The molecular weight excluding hydrogens is 268 g/mol. The molecule has 0 N–H and O–H groups in total. The molecule has 0 bridgehead atoms. The van der Waals surface area contributed by atoms with Crippen LogP contribution in [0.2, 0.25) is 0 Å². The normalized spacial score (nSPS) is 17.2. The first-order valence-corrected chi connectivity index (χ1v) is 6.63. The van der Waals surface area contributed by atoms with Crippen LogP contribution in [0.1, 0.15) is 17.2 Å². The molecule has 0 fully saturated rings. The van der Waals surface area contributed by atoms with E-state index < -0.39 is 4.92 Å². The van der Waals surface area contributed by atoms with Crippen molar-refractivity contribution in [1.29, 1.82) is 0 Å². The molecule has 21 heavy (non-hydrogen) atoms. The van der Waals surface area contributed by atoms with Gasteiger partial charge in [-0.1, -0.05) is 35.6 Å². The zero-order valence-corrected chi connectivity index (χ0v) is 11.5. The SMILES string of the molecule is Cc1cc([N+](=O)[O-])ccc1N1N=NCC1c1ccccc1. The van der Waals surface area contributed by atoms with Gasteiger partial charge in [-0.25, -0.2) is 5.01 Å². The third-order valence-corrected chi connectivity index (χ3v) is 3.53. The van der Waals surface area contributed by atoms with E-state index in [4.69, 9.17) is 0 Å². The topological polar surface area (TPSA) is 71.1 Å². The first-order chi connectivity index (χ1) is 10.2. The van der Waals surface area contributed by atoms with Gasteiger partial charge in [0, 0.05) is 12.1 Å². The molecule has 6 nitrogen and oxygen atoms in total. The van der Waals surface area contributed by atoms with Gasteiger partial charge in [-0.05, 0) is 24.1 Å². The maximum absolute atomic E-state index is 10.8. The lowest BCUT2D eigenvalue weighted by atomic mass is 10.1. The van der Waals surface area contributed by atoms with Crippen LogP contribution in [0.15, 0.2) is 58.9 Å². The predicted octanol–water partition coefficient (Wildman–Crippen LogP) is 3.83. The minimum atomic E-state index is -0.392. The van der Waals surface area contributed by atoms with Crippen LogP contribution in [-0.2, 0) is 0 Å². The van der Waals surface area contributed by atoms with Crippen molar-refractivity contribution in [2.45, 2.75) is 13.0 Å². The molecule has 1 atom stereocenters. The van der Waals surface area contributed by atoms with Crippen LogP contribution in [0, 0.1) is 17.0 Å². The highest BCUT2D eigenvalue weighted by molar-refractivity contribution is 5.58. The molecule has 0 amide bonds. The summed E-state index contributed by atoms with van der Waals surface area (Å²) in [5.41, 5.74) is 2.87. The second-order valence-electron chi connectivity index (χ2n) is 4.91. The second-order valence-corrected chi connectivity index (χ2v) is 4.91. The molecule has 0 spiro atoms. The molecule has 3 rings (SSSR count). The van der Waals surface area contributed by atoms with Crippen molar-refractivity contribution in [2.75, 3.05) is 11.6 Å². The van der Waals surface area contributed by atoms with Crippen LogP contribution in [0.25, 0.3) is 0 Å². The van der Waals surface area contributed by atoms with Crippen LogP contribution < -0.4 is 5.01 Å². The Hall–Kier alpha value is -2.76. The van der Waals surface area contributed by atoms with Crippen LogP contribution in [-0.4, -0.2) is 11.5 Å². The van der Waals surface area contributed by atoms with Crippen molar-refractivity contribution in [3.05, 3.63) is 69.8 Å². The van der Waals surface area contributed by atoms with Crippen molar-refractivity contribution in [3.63, 3.8) is 0 Å². The van der Waals surface area contributed by atoms with E-state index in [0.29, 0.717) is 6.54 Å². The Morgan fingerprint density at radius 1 is 1.24 bits per heavy atom. The fourth-order valence-electron chi connectivity index (χ4n) is 2.47. The lowest BCUT2D eigenvalue weighted by Crippen LogP contribution is -2.21. The molecular formula is C15H14N4O2. The van der Waals surface area contributed by atoms with Gasteiger partial charge in [0.1, 0.15) is 6.04 Å². The summed E-state index contributed by atoms with van der Waals surface area (Å²) in [4.78, 5) is 10.4. The van der Waals surface area contributed by atoms with Gasteiger partial charge >= 0.3 is 0 Å². The van der Waals surface area contributed by atoms with Crippen molar-refractivity contribution in [2.24, 2.45) is 10.3 Å². The largest absolute Gasteiger partial charge is 0.269 e. The number of anilines is 1. The highest BCUT2D eigenvalue weighted by Gasteiger charge is 2.27. The Bertz CT molecular complexity index is 700. The van der Waals surface area contributed by atoms with Gasteiger partial charge in [0.25, 0.3) is 5.69 Å². The van der Waals surface area contributed by atoms with E-state index in [2.05, 4.69) is 10.3 Å². The average molecular weight is 282 g/mol. The Kier molecular flexibility index (Phi) is 3.35. The minimum Gasteiger partial charge on any atom is -0.258 e. The summed E-state index contributed by atoms with van der Waals surface area (Å²) in [6.07, 6.45) is 0. The third kappa shape index (κ3) is 2.47. The van der Waals surface area contributed by atoms with E-state index in [9.17, 15) is 10.1 Å². The summed E-state index contributed by atoms with van der Waals surface area (Å²) in [5, 5.41) is 21.0. The summed E-state index contributed by atoms with van der Waals surface area (Å²) in [6, 6.07) is 14.8. The number of benzene rings is 2. The van der Waals surface area contributed by atoms with E-state index in [1.165, 1.54) is 6.07 Å². The predicted molar refractivity (Wildman–Crippen MR) is 79.2 cm³/mol. The number of non-ortho nitro benzene ring substituents is 1. The van der Waals surface area contributed by atoms with Gasteiger partial charge in [0.05, 0.1) is 17.2 Å². The molecule has 0 aromatic heterocycles. The zero-order chi connectivity index (χ0) is 14.8. The molecule has 106 valence electrons. The lowest BCUT2D eigenvalue weighted by molar-refractivity contribution is -0.384. The van der Waals surface area contributed by atoms with Gasteiger partial charge < -0.3 is 0 Å². The van der Waals surface area contributed by atoms with Crippen molar-refractivity contribution in [3.8, 4) is 0 Å². The summed E-state index contributed by atoms with van der Waals surface area (Å²) in [7, 11) is 0. The van der Waals surface area contributed by atoms with Crippen LogP contribution >= 0.6 is 0 Å². The van der Waals surface area contributed by atoms with Gasteiger partial charge in [-0.2, -0.15) is 5.11 Å². The van der Waals surface area contributed by atoms with Crippen LogP contribution in [0.5, 0.6) is 0 Å². The second kappa shape index (κ2) is 5.32. The Labute approximate surface area is 121 Å². The molecule has 0 saturated heterocycles. The van der Waals surface area contributed by atoms with Crippen molar-refractivity contribution < 1.29 is 4.92 Å². The summed E-state index contributed by atoms with van der Waals surface area (Å²) >= 11 is 0. The molecule has 1 heterocycles. The van der Waals surface area contributed by atoms with Gasteiger partial charge in [-0.3, -0.25) is 10.1 Å². The van der Waals surface area contributed by atoms with Crippen LogP contribution in [0.3, 0.4) is 0 Å². The fourth-order valence-corrected chi connectivity index (χ4v) is 2.47. The van der Waals surface area contributed by atoms with E-state index in [1.807, 2.05) is 42.3 Å². The molecule has 2 aromatic rings. The smallest absolute Gasteiger partial charge is 0.258 e. The van der Waals surface area contributed by atoms with Crippen molar-refractivity contribution in [1.82, 2.24) is 0 Å². The number of hydrogen-bond donors (Lipinski definition) is 0. The van der Waals surface area contributed by atoms with E-state index in [0.717, 1.165) is 16.8 Å². The molecule has 1 aliphatic rings. The van der Waals surface area contributed by atoms with Gasteiger partial charge in [-0.15, -0.1) is 0 Å². The molecule has 2 aromatic carbocycles. The molecule has 0 aliphatic carbocycles. The van der Waals surface area contributed by atoms with E-state index in [1.54, 1.807) is 12.1 Å². The minimum absolute atomic E-state index is 0.0337.